The molecule has 0 bridgehead atoms. The average molecular weight is 144 g/mol. The molecule has 3 nitrogen and oxygen atoms in total. The zero-order chi connectivity index (χ0) is 7.82. The second-order valence-electron chi connectivity index (χ2n) is 1.71. The highest BCUT2D eigenvalue weighted by molar-refractivity contribution is 5.50. The number of ether oxygens (including phenoxy) is 2. The van der Waals surface area contributed by atoms with Crippen molar-refractivity contribution < 1.29 is 14.3 Å². The minimum Gasteiger partial charge on any atom is -0.375 e. The Hall–Kier alpha value is -0.670. The lowest BCUT2D eigenvalue weighted by molar-refractivity contribution is -0.112. The van der Waals surface area contributed by atoms with E-state index in [4.69, 9.17) is 9.47 Å². The molecular formula is C7H12O3. The first kappa shape index (κ1) is 9.33. The van der Waals surface area contributed by atoms with Crippen LogP contribution in [0.1, 0.15) is 0 Å². The van der Waals surface area contributed by atoms with Gasteiger partial charge in [-0.15, -0.1) is 6.58 Å². The minimum absolute atomic E-state index is 0.111. The van der Waals surface area contributed by atoms with E-state index in [2.05, 4.69) is 6.58 Å². The predicted molar refractivity (Wildman–Crippen MR) is 37.9 cm³/mol. The zero-order valence-electron chi connectivity index (χ0n) is 6.08. The summed E-state index contributed by atoms with van der Waals surface area (Å²) < 4.78 is 9.75. The summed E-state index contributed by atoms with van der Waals surface area (Å²) in [6, 6.07) is 0. The molecule has 58 valence electrons. The van der Waals surface area contributed by atoms with Gasteiger partial charge in [0.15, 0.2) is 0 Å². The van der Waals surface area contributed by atoms with Crippen molar-refractivity contribution >= 4 is 6.29 Å². The molecule has 0 aliphatic carbocycles. The Kier molecular flexibility index (Phi) is 6.02. The van der Waals surface area contributed by atoms with E-state index in [0.29, 0.717) is 12.9 Å². The van der Waals surface area contributed by atoms with E-state index in [0.717, 1.165) is 0 Å². The van der Waals surface area contributed by atoms with Gasteiger partial charge in [0.05, 0.1) is 12.7 Å². The fourth-order valence-electron chi connectivity index (χ4n) is 0.465. The molecule has 0 N–H and O–H groups in total. The van der Waals surface area contributed by atoms with Gasteiger partial charge in [-0.3, -0.25) is 0 Å². The van der Waals surface area contributed by atoms with Crippen molar-refractivity contribution in [2.24, 2.45) is 0 Å². The summed E-state index contributed by atoms with van der Waals surface area (Å²) in [6.45, 7) is 4.02. The highest BCUT2D eigenvalue weighted by Crippen LogP contribution is 1.90. The maximum atomic E-state index is 9.77. The van der Waals surface area contributed by atoms with E-state index in [1.807, 2.05) is 0 Å². The van der Waals surface area contributed by atoms with Gasteiger partial charge in [-0.25, -0.2) is 0 Å². The molecule has 0 saturated heterocycles. The first-order valence-corrected chi connectivity index (χ1v) is 3.02. The quantitative estimate of drug-likeness (QED) is 0.307. The van der Waals surface area contributed by atoms with Crippen LogP contribution in [0.15, 0.2) is 12.7 Å². The molecule has 0 heterocycles. The van der Waals surface area contributed by atoms with Crippen molar-refractivity contribution in [3.63, 3.8) is 0 Å². The molecule has 0 aromatic heterocycles. The summed E-state index contributed by atoms with van der Waals surface area (Å²) >= 11 is 0. The molecule has 0 spiro atoms. The number of rotatable bonds is 6. The summed E-state index contributed by atoms with van der Waals surface area (Å²) in [6.07, 6.45) is 2.22. The molecule has 0 aliphatic heterocycles. The molecule has 0 aromatic carbocycles. The summed E-state index contributed by atoms with van der Waals surface area (Å²) in [5, 5.41) is 0. The van der Waals surface area contributed by atoms with Gasteiger partial charge in [-0.1, -0.05) is 6.08 Å². The topological polar surface area (TPSA) is 35.5 Å². The first-order chi connectivity index (χ1) is 4.85. The number of carbonyl (C=O) groups is 1. The summed E-state index contributed by atoms with van der Waals surface area (Å²) in [5.41, 5.74) is 0. The monoisotopic (exact) mass is 144 g/mol. The van der Waals surface area contributed by atoms with Crippen molar-refractivity contribution in [2.45, 2.75) is 6.10 Å². The fourth-order valence-corrected chi connectivity index (χ4v) is 0.465. The van der Waals surface area contributed by atoms with Crippen LogP contribution in [0.5, 0.6) is 0 Å². The van der Waals surface area contributed by atoms with Crippen molar-refractivity contribution in [1.29, 1.82) is 0 Å². The van der Waals surface area contributed by atoms with Crippen molar-refractivity contribution in [2.75, 3.05) is 20.3 Å². The summed E-state index contributed by atoms with van der Waals surface area (Å²) in [7, 11) is 1.57. The van der Waals surface area contributed by atoms with E-state index < -0.39 is 0 Å². The standard InChI is InChI=1S/C7H12O3/c1-3-7(9-2)6-10-5-4-8/h3-4,7H,1,5-6H2,2H3/t7-/m0/s1. The molecule has 0 saturated carbocycles. The SMILES string of the molecule is C=C[C@@H](COCC=O)OC. The number of hydrogen-bond donors (Lipinski definition) is 0. The van der Waals surface area contributed by atoms with Crippen LogP contribution < -0.4 is 0 Å². The van der Waals surface area contributed by atoms with Crippen LogP contribution in [-0.2, 0) is 14.3 Å². The zero-order valence-corrected chi connectivity index (χ0v) is 6.08. The van der Waals surface area contributed by atoms with Crippen LogP contribution >= 0.6 is 0 Å². The lowest BCUT2D eigenvalue weighted by atomic mass is 10.4. The molecule has 10 heavy (non-hydrogen) atoms. The van der Waals surface area contributed by atoms with Crippen LogP contribution in [0, 0.1) is 0 Å². The third-order valence-electron chi connectivity index (χ3n) is 1.03. The highest BCUT2D eigenvalue weighted by Gasteiger charge is 1.99. The first-order valence-electron chi connectivity index (χ1n) is 3.02. The average Bonchev–Trinajstić information content (AvgIpc) is 1.99. The Morgan fingerprint density at radius 1 is 1.70 bits per heavy atom. The Morgan fingerprint density at radius 2 is 2.40 bits per heavy atom. The maximum Gasteiger partial charge on any atom is 0.145 e. The normalized spacial score (nSPS) is 12.5. The van der Waals surface area contributed by atoms with Gasteiger partial charge < -0.3 is 14.3 Å². The number of methoxy groups -OCH3 is 1. The smallest absolute Gasteiger partial charge is 0.145 e. The predicted octanol–water partition coefficient (Wildman–Crippen LogP) is 0.403. The molecule has 0 aliphatic rings. The largest absolute Gasteiger partial charge is 0.375 e. The molecule has 0 unspecified atom stereocenters. The van der Waals surface area contributed by atoms with Gasteiger partial charge in [0.25, 0.3) is 0 Å². The third-order valence-corrected chi connectivity index (χ3v) is 1.03. The van der Waals surface area contributed by atoms with Crippen LogP contribution in [0.4, 0.5) is 0 Å². The second-order valence-corrected chi connectivity index (χ2v) is 1.71. The molecule has 3 heteroatoms. The van der Waals surface area contributed by atoms with Gasteiger partial charge in [0.1, 0.15) is 12.9 Å². The van der Waals surface area contributed by atoms with Crippen molar-refractivity contribution in [3.05, 3.63) is 12.7 Å². The van der Waals surface area contributed by atoms with E-state index >= 15 is 0 Å². The molecule has 0 amide bonds. The molecule has 0 radical (unpaired) electrons. The lowest BCUT2D eigenvalue weighted by Gasteiger charge is -2.08. The Morgan fingerprint density at radius 3 is 2.80 bits per heavy atom. The van der Waals surface area contributed by atoms with Gasteiger partial charge >= 0.3 is 0 Å². The van der Waals surface area contributed by atoms with Crippen molar-refractivity contribution in [3.8, 4) is 0 Å². The molecule has 0 fully saturated rings. The van der Waals surface area contributed by atoms with Crippen LogP contribution in [0.25, 0.3) is 0 Å². The maximum absolute atomic E-state index is 9.77. The van der Waals surface area contributed by atoms with Crippen LogP contribution in [-0.4, -0.2) is 32.7 Å². The highest BCUT2D eigenvalue weighted by atomic mass is 16.5. The van der Waals surface area contributed by atoms with E-state index in [-0.39, 0.29) is 12.7 Å². The summed E-state index contributed by atoms with van der Waals surface area (Å²) in [4.78, 5) is 9.77. The van der Waals surface area contributed by atoms with Gasteiger partial charge in [-0.05, 0) is 0 Å². The van der Waals surface area contributed by atoms with Gasteiger partial charge in [0, 0.05) is 7.11 Å². The molecule has 1 atom stereocenters. The number of aldehydes is 1. The Balaban J connectivity index is 3.25. The van der Waals surface area contributed by atoms with Gasteiger partial charge in [-0.2, -0.15) is 0 Å². The van der Waals surface area contributed by atoms with E-state index in [1.165, 1.54) is 0 Å². The lowest BCUT2D eigenvalue weighted by Crippen LogP contribution is -2.15. The van der Waals surface area contributed by atoms with Gasteiger partial charge in [0.2, 0.25) is 0 Å². The van der Waals surface area contributed by atoms with E-state index in [9.17, 15) is 4.79 Å². The molecular weight excluding hydrogens is 132 g/mol. The second kappa shape index (κ2) is 6.45. The fraction of sp³-hybridized carbons (Fsp3) is 0.571. The van der Waals surface area contributed by atoms with Crippen LogP contribution in [0.2, 0.25) is 0 Å². The van der Waals surface area contributed by atoms with E-state index in [1.54, 1.807) is 13.2 Å². The number of hydrogen-bond acceptors (Lipinski definition) is 3. The summed E-state index contributed by atoms with van der Waals surface area (Å²) in [5.74, 6) is 0. The Labute approximate surface area is 60.6 Å². The molecule has 0 aromatic rings. The third kappa shape index (κ3) is 4.23. The molecule has 0 rings (SSSR count). The Bertz CT molecular complexity index is 101. The minimum atomic E-state index is -0.111. The van der Waals surface area contributed by atoms with Crippen molar-refractivity contribution in [1.82, 2.24) is 0 Å². The van der Waals surface area contributed by atoms with Crippen LogP contribution in [0.3, 0.4) is 0 Å². The number of carbonyl (C=O) groups excluding carboxylic acids is 1.